The molecule has 0 aromatic carbocycles. The Labute approximate surface area is 139 Å². The van der Waals surface area contributed by atoms with Crippen molar-refractivity contribution in [3.8, 4) is 0 Å². The highest BCUT2D eigenvalue weighted by molar-refractivity contribution is 7.12. The summed E-state index contributed by atoms with van der Waals surface area (Å²) in [5.74, 6) is -1.08. The number of nitrogens with zero attached hydrogens (tertiary/aromatic N) is 2. The number of carboxylic acid groups (broad SMARTS) is 1. The minimum absolute atomic E-state index is 0.0384. The lowest BCUT2D eigenvalue weighted by atomic mass is 9.94. The fourth-order valence-electron chi connectivity index (χ4n) is 2.62. The van der Waals surface area contributed by atoms with E-state index in [0.29, 0.717) is 31.5 Å². The van der Waals surface area contributed by atoms with E-state index in [9.17, 15) is 14.4 Å². The van der Waals surface area contributed by atoms with Gasteiger partial charge >= 0.3 is 5.97 Å². The van der Waals surface area contributed by atoms with Crippen LogP contribution in [0.1, 0.15) is 46.7 Å². The predicted octanol–water partition coefficient (Wildman–Crippen LogP) is 2.17. The van der Waals surface area contributed by atoms with Crippen LogP contribution in [-0.4, -0.2) is 58.9 Å². The van der Waals surface area contributed by atoms with Crippen LogP contribution < -0.4 is 0 Å². The van der Waals surface area contributed by atoms with E-state index in [2.05, 4.69) is 0 Å². The Morgan fingerprint density at radius 1 is 1.30 bits per heavy atom. The quantitative estimate of drug-likeness (QED) is 0.912. The van der Waals surface area contributed by atoms with Gasteiger partial charge in [-0.1, -0.05) is 0 Å². The molecule has 0 radical (unpaired) electrons. The summed E-state index contributed by atoms with van der Waals surface area (Å²) in [5.41, 5.74) is 0.413. The summed E-state index contributed by atoms with van der Waals surface area (Å²) < 4.78 is 0. The van der Waals surface area contributed by atoms with E-state index in [-0.39, 0.29) is 28.7 Å². The molecule has 1 fully saturated rings. The van der Waals surface area contributed by atoms with Crippen LogP contribution in [0.2, 0.25) is 0 Å². The molecule has 6 nitrogen and oxygen atoms in total. The van der Waals surface area contributed by atoms with Gasteiger partial charge in [-0.25, -0.2) is 4.79 Å². The Hall–Kier alpha value is -1.89. The van der Waals surface area contributed by atoms with E-state index in [0.717, 1.165) is 11.3 Å². The molecule has 1 aliphatic rings. The second kappa shape index (κ2) is 7.12. The zero-order valence-electron chi connectivity index (χ0n) is 13.6. The van der Waals surface area contributed by atoms with Crippen LogP contribution in [0.4, 0.5) is 0 Å². The van der Waals surface area contributed by atoms with Crippen molar-refractivity contribution in [3.05, 3.63) is 21.9 Å². The molecule has 0 unspecified atom stereocenters. The molecule has 1 N–H and O–H groups in total. The second-order valence-corrected chi connectivity index (χ2v) is 7.03. The van der Waals surface area contributed by atoms with E-state index in [4.69, 9.17) is 5.11 Å². The van der Waals surface area contributed by atoms with Crippen molar-refractivity contribution in [2.45, 2.75) is 32.7 Å². The fourth-order valence-corrected chi connectivity index (χ4v) is 3.33. The van der Waals surface area contributed by atoms with Gasteiger partial charge in [0.05, 0.1) is 5.56 Å². The third kappa shape index (κ3) is 3.90. The summed E-state index contributed by atoms with van der Waals surface area (Å²) in [6, 6.07) is 1.58. The number of likely N-dealkylation sites (tertiary alicyclic amines) is 1. The van der Waals surface area contributed by atoms with Crippen molar-refractivity contribution in [2.75, 3.05) is 20.1 Å². The van der Waals surface area contributed by atoms with Gasteiger partial charge in [0.25, 0.3) is 5.91 Å². The molecule has 0 saturated carbocycles. The second-order valence-electron chi connectivity index (χ2n) is 6.11. The zero-order chi connectivity index (χ0) is 17.1. The van der Waals surface area contributed by atoms with E-state index in [1.54, 1.807) is 15.2 Å². The first-order valence-corrected chi connectivity index (χ1v) is 8.57. The lowest BCUT2D eigenvalue weighted by molar-refractivity contribution is -0.137. The number of aromatic carboxylic acids is 1. The van der Waals surface area contributed by atoms with Gasteiger partial charge in [0.2, 0.25) is 5.91 Å². The highest BCUT2D eigenvalue weighted by Crippen LogP contribution is 2.23. The third-order valence-corrected chi connectivity index (χ3v) is 5.23. The van der Waals surface area contributed by atoms with Gasteiger partial charge < -0.3 is 14.9 Å². The molecule has 2 amide bonds. The highest BCUT2D eigenvalue weighted by Gasteiger charge is 2.30. The Morgan fingerprint density at radius 2 is 1.91 bits per heavy atom. The Morgan fingerprint density at radius 3 is 2.39 bits per heavy atom. The number of hydrogen-bond donors (Lipinski definition) is 1. The van der Waals surface area contributed by atoms with Crippen molar-refractivity contribution in [1.29, 1.82) is 0 Å². The Bertz CT molecular complexity index is 603. The monoisotopic (exact) mass is 338 g/mol. The van der Waals surface area contributed by atoms with Crippen molar-refractivity contribution in [2.24, 2.45) is 5.92 Å². The largest absolute Gasteiger partial charge is 0.477 e. The number of thiophene rings is 1. The van der Waals surface area contributed by atoms with Crippen molar-refractivity contribution >= 4 is 29.1 Å². The predicted molar refractivity (Wildman–Crippen MR) is 87.8 cm³/mol. The van der Waals surface area contributed by atoms with Crippen LogP contribution in [0.25, 0.3) is 0 Å². The molecule has 7 heteroatoms. The average molecular weight is 338 g/mol. The minimum Gasteiger partial charge on any atom is -0.477 e. The summed E-state index contributed by atoms with van der Waals surface area (Å²) in [5, 5.41) is 10.5. The maximum Gasteiger partial charge on any atom is 0.345 e. The third-order valence-electron chi connectivity index (χ3n) is 4.31. The van der Waals surface area contributed by atoms with E-state index >= 15 is 0 Å². The minimum atomic E-state index is -1.02. The normalized spacial score (nSPS) is 15.7. The SMILES string of the molecule is CC(C)N(C)C(=O)C1CCN(C(=O)c2csc(C(=O)O)c2)CC1. The molecule has 126 valence electrons. The molecule has 1 saturated heterocycles. The smallest absolute Gasteiger partial charge is 0.345 e. The van der Waals surface area contributed by atoms with Gasteiger partial charge in [-0.05, 0) is 32.8 Å². The molecule has 0 aliphatic carbocycles. The molecule has 0 bridgehead atoms. The first kappa shape index (κ1) is 17.5. The molecule has 0 atom stereocenters. The van der Waals surface area contributed by atoms with Gasteiger partial charge in [-0.3, -0.25) is 9.59 Å². The van der Waals surface area contributed by atoms with Crippen LogP contribution in [0.15, 0.2) is 11.4 Å². The Balaban J connectivity index is 1.94. The maximum atomic E-state index is 12.4. The number of piperidine rings is 1. The standard InChI is InChI=1S/C16H22N2O4S/c1-10(2)17(3)14(19)11-4-6-18(7-5-11)15(20)12-8-13(16(21)22)23-9-12/h8-11H,4-7H2,1-3H3,(H,21,22). The van der Waals surface area contributed by atoms with E-state index < -0.39 is 5.97 Å². The zero-order valence-corrected chi connectivity index (χ0v) is 14.4. The molecule has 2 rings (SSSR count). The molecule has 0 spiro atoms. The van der Waals surface area contributed by atoms with Crippen molar-refractivity contribution < 1.29 is 19.5 Å². The molecule has 23 heavy (non-hydrogen) atoms. The first-order valence-electron chi connectivity index (χ1n) is 7.69. The van der Waals surface area contributed by atoms with Crippen molar-refractivity contribution in [3.63, 3.8) is 0 Å². The summed E-state index contributed by atoms with van der Waals surface area (Å²) in [6.45, 7) is 5.01. The number of carbonyl (C=O) groups excluding carboxylic acids is 2. The average Bonchev–Trinajstić information content (AvgIpc) is 3.03. The number of hydrogen-bond acceptors (Lipinski definition) is 4. The molecule has 1 aromatic rings. The molecule has 1 aliphatic heterocycles. The van der Waals surface area contributed by atoms with Gasteiger partial charge in [-0.15, -0.1) is 11.3 Å². The van der Waals surface area contributed by atoms with Crippen LogP contribution in [0.5, 0.6) is 0 Å². The van der Waals surface area contributed by atoms with E-state index in [1.807, 2.05) is 20.9 Å². The molecule has 1 aromatic heterocycles. The van der Waals surface area contributed by atoms with Gasteiger partial charge in [0.15, 0.2) is 0 Å². The van der Waals surface area contributed by atoms with Gasteiger partial charge in [0.1, 0.15) is 4.88 Å². The van der Waals surface area contributed by atoms with Gasteiger partial charge in [0, 0.05) is 37.5 Å². The van der Waals surface area contributed by atoms with Crippen LogP contribution >= 0.6 is 11.3 Å². The summed E-state index contributed by atoms with van der Waals surface area (Å²) >= 11 is 1.05. The number of amides is 2. The van der Waals surface area contributed by atoms with E-state index in [1.165, 1.54) is 6.07 Å². The molecule has 2 heterocycles. The summed E-state index contributed by atoms with van der Waals surface area (Å²) in [4.78, 5) is 39.2. The van der Waals surface area contributed by atoms with Crippen LogP contribution in [0, 0.1) is 5.92 Å². The lowest BCUT2D eigenvalue weighted by Gasteiger charge is -2.34. The summed E-state index contributed by atoms with van der Waals surface area (Å²) in [6.07, 6.45) is 1.30. The maximum absolute atomic E-state index is 12.4. The van der Waals surface area contributed by atoms with Crippen LogP contribution in [-0.2, 0) is 4.79 Å². The topological polar surface area (TPSA) is 77.9 Å². The molecular weight excluding hydrogens is 316 g/mol. The highest BCUT2D eigenvalue weighted by atomic mass is 32.1. The summed E-state index contributed by atoms with van der Waals surface area (Å²) in [7, 11) is 1.81. The first-order chi connectivity index (χ1) is 10.8. The molecular formula is C16H22N2O4S. The Kier molecular flexibility index (Phi) is 5.41. The van der Waals surface area contributed by atoms with Crippen molar-refractivity contribution in [1.82, 2.24) is 9.80 Å². The number of carbonyl (C=O) groups is 3. The number of rotatable bonds is 4. The number of carboxylic acids is 1. The lowest BCUT2D eigenvalue weighted by Crippen LogP contribution is -2.44. The fraction of sp³-hybridized carbons (Fsp3) is 0.562. The van der Waals surface area contributed by atoms with Gasteiger partial charge in [-0.2, -0.15) is 0 Å². The van der Waals surface area contributed by atoms with Crippen LogP contribution in [0.3, 0.4) is 0 Å².